The SMILES string of the molecule is CC(=O)O[C@@H]1[C@@H](OC(C)=O)[C@@H](O)O[C@H](CO)[C@H]1OC(=O)c1ccccc1. The molecule has 5 atom stereocenters. The Morgan fingerprint density at radius 1 is 0.962 bits per heavy atom. The van der Waals surface area contributed by atoms with E-state index in [2.05, 4.69) is 0 Å². The summed E-state index contributed by atoms with van der Waals surface area (Å²) < 4.78 is 20.6. The third kappa shape index (κ3) is 4.78. The lowest BCUT2D eigenvalue weighted by molar-refractivity contribution is -0.292. The van der Waals surface area contributed by atoms with Gasteiger partial charge in [0.1, 0.15) is 6.10 Å². The molecule has 26 heavy (non-hydrogen) atoms. The Morgan fingerprint density at radius 2 is 1.54 bits per heavy atom. The molecule has 0 saturated carbocycles. The van der Waals surface area contributed by atoms with E-state index in [1.54, 1.807) is 18.2 Å². The molecule has 0 spiro atoms. The number of esters is 3. The van der Waals surface area contributed by atoms with Crippen molar-refractivity contribution in [1.29, 1.82) is 0 Å². The molecule has 1 heterocycles. The lowest BCUT2D eigenvalue weighted by Gasteiger charge is -2.42. The van der Waals surface area contributed by atoms with E-state index < -0.39 is 55.2 Å². The molecule has 9 nitrogen and oxygen atoms in total. The second kappa shape index (κ2) is 8.75. The molecule has 0 radical (unpaired) electrons. The molecule has 0 unspecified atom stereocenters. The molecule has 1 saturated heterocycles. The fourth-order valence-corrected chi connectivity index (χ4v) is 2.59. The second-order valence-corrected chi connectivity index (χ2v) is 5.63. The lowest BCUT2D eigenvalue weighted by atomic mass is 9.98. The minimum Gasteiger partial charge on any atom is -0.454 e. The van der Waals surface area contributed by atoms with Gasteiger partial charge in [-0.1, -0.05) is 18.2 Å². The number of hydrogen-bond acceptors (Lipinski definition) is 9. The van der Waals surface area contributed by atoms with Crippen molar-refractivity contribution < 1.29 is 43.5 Å². The van der Waals surface area contributed by atoms with E-state index in [-0.39, 0.29) is 5.56 Å². The first-order valence-corrected chi connectivity index (χ1v) is 7.88. The van der Waals surface area contributed by atoms with Crippen LogP contribution in [0.5, 0.6) is 0 Å². The molecule has 0 bridgehead atoms. The first-order chi connectivity index (χ1) is 12.3. The van der Waals surface area contributed by atoms with Crippen molar-refractivity contribution >= 4 is 17.9 Å². The number of hydrogen-bond donors (Lipinski definition) is 2. The minimum atomic E-state index is -1.67. The topological polar surface area (TPSA) is 129 Å². The number of benzene rings is 1. The molecular formula is C17H20O9. The van der Waals surface area contributed by atoms with Crippen molar-refractivity contribution in [3.8, 4) is 0 Å². The predicted octanol–water partition coefficient (Wildman–Crippen LogP) is -0.215. The van der Waals surface area contributed by atoms with Crippen molar-refractivity contribution in [2.45, 2.75) is 44.6 Å². The molecule has 142 valence electrons. The van der Waals surface area contributed by atoms with Crippen LogP contribution in [0.2, 0.25) is 0 Å². The molecule has 9 heteroatoms. The zero-order valence-corrected chi connectivity index (χ0v) is 14.2. The molecular weight excluding hydrogens is 348 g/mol. The quantitative estimate of drug-likeness (QED) is 0.535. The van der Waals surface area contributed by atoms with Crippen LogP contribution in [0.1, 0.15) is 24.2 Å². The van der Waals surface area contributed by atoms with Crippen LogP contribution in [-0.4, -0.2) is 65.4 Å². The van der Waals surface area contributed by atoms with Crippen LogP contribution in [0.3, 0.4) is 0 Å². The average molecular weight is 368 g/mol. The van der Waals surface area contributed by atoms with E-state index in [1.807, 2.05) is 0 Å². The Labute approximate surface area is 149 Å². The molecule has 1 fully saturated rings. The van der Waals surface area contributed by atoms with Gasteiger partial charge in [-0.15, -0.1) is 0 Å². The average Bonchev–Trinajstić information content (AvgIpc) is 2.60. The summed E-state index contributed by atoms with van der Waals surface area (Å²) >= 11 is 0. The van der Waals surface area contributed by atoms with Crippen molar-refractivity contribution in [3.63, 3.8) is 0 Å². The van der Waals surface area contributed by atoms with E-state index in [4.69, 9.17) is 18.9 Å². The first-order valence-electron chi connectivity index (χ1n) is 7.88. The summed E-state index contributed by atoms with van der Waals surface area (Å²) in [4.78, 5) is 35.1. The van der Waals surface area contributed by atoms with E-state index in [9.17, 15) is 24.6 Å². The standard InChI is InChI=1S/C17H20O9/c1-9(19)23-14-13(26-16(21)11-6-4-3-5-7-11)12(8-18)25-17(22)15(14)24-10(2)20/h3-7,12-15,17-18,22H,8H2,1-2H3/t12-,13-,14+,15-,17+/m1/s1. The largest absolute Gasteiger partial charge is 0.454 e. The Morgan fingerprint density at radius 3 is 2.08 bits per heavy atom. The van der Waals surface area contributed by atoms with E-state index in [0.29, 0.717) is 0 Å². The van der Waals surface area contributed by atoms with Gasteiger partial charge in [0.25, 0.3) is 0 Å². The maximum absolute atomic E-state index is 12.3. The van der Waals surface area contributed by atoms with Gasteiger partial charge in [0.05, 0.1) is 12.2 Å². The first kappa shape index (κ1) is 19.8. The number of aliphatic hydroxyl groups excluding tert-OH is 2. The highest BCUT2D eigenvalue weighted by Crippen LogP contribution is 2.28. The van der Waals surface area contributed by atoms with Crippen molar-refractivity contribution in [1.82, 2.24) is 0 Å². The fourth-order valence-electron chi connectivity index (χ4n) is 2.59. The fraction of sp³-hybridized carbons (Fsp3) is 0.471. The van der Waals surface area contributed by atoms with Gasteiger partial charge in [0.15, 0.2) is 24.6 Å². The zero-order valence-electron chi connectivity index (χ0n) is 14.2. The summed E-state index contributed by atoms with van der Waals surface area (Å²) in [6.45, 7) is 1.58. The number of rotatable bonds is 5. The van der Waals surface area contributed by atoms with E-state index >= 15 is 0 Å². The van der Waals surface area contributed by atoms with Crippen LogP contribution >= 0.6 is 0 Å². The summed E-state index contributed by atoms with van der Waals surface area (Å²) in [5, 5.41) is 19.5. The predicted molar refractivity (Wildman–Crippen MR) is 84.7 cm³/mol. The number of carbonyl (C=O) groups is 3. The van der Waals surface area contributed by atoms with Crippen molar-refractivity contribution in [2.24, 2.45) is 0 Å². The van der Waals surface area contributed by atoms with E-state index in [0.717, 1.165) is 13.8 Å². The molecule has 0 amide bonds. The molecule has 1 aromatic rings. The number of aliphatic hydroxyl groups is 2. The molecule has 0 aliphatic carbocycles. The van der Waals surface area contributed by atoms with Gasteiger partial charge in [-0.3, -0.25) is 9.59 Å². The summed E-state index contributed by atoms with van der Waals surface area (Å²) in [6, 6.07) is 8.00. The Bertz CT molecular complexity index is 645. The molecule has 0 aromatic heterocycles. The summed E-state index contributed by atoms with van der Waals surface area (Å²) in [6.07, 6.45) is -6.94. The third-order valence-corrected chi connectivity index (χ3v) is 3.65. The maximum atomic E-state index is 12.3. The minimum absolute atomic E-state index is 0.223. The van der Waals surface area contributed by atoms with Crippen LogP contribution in [0.25, 0.3) is 0 Å². The van der Waals surface area contributed by atoms with Crippen LogP contribution in [0.4, 0.5) is 0 Å². The smallest absolute Gasteiger partial charge is 0.338 e. The summed E-state index contributed by atoms with van der Waals surface area (Å²) in [7, 11) is 0. The van der Waals surface area contributed by atoms with Crippen molar-refractivity contribution in [2.75, 3.05) is 6.61 Å². The monoisotopic (exact) mass is 368 g/mol. The Kier molecular flexibility index (Phi) is 6.67. The second-order valence-electron chi connectivity index (χ2n) is 5.63. The number of ether oxygens (including phenoxy) is 4. The maximum Gasteiger partial charge on any atom is 0.338 e. The molecule has 2 N–H and O–H groups in total. The highest BCUT2D eigenvalue weighted by molar-refractivity contribution is 5.89. The van der Waals surface area contributed by atoms with Gasteiger partial charge in [-0.2, -0.15) is 0 Å². The van der Waals surface area contributed by atoms with Gasteiger partial charge in [-0.25, -0.2) is 4.79 Å². The van der Waals surface area contributed by atoms with Gasteiger partial charge < -0.3 is 29.2 Å². The summed E-state index contributed by atoms with van der Waals surface area (Å²) in [5.74, 6) is -2.27. The van der Waals surface area contributed by atoms with Gasteiger partial charge in [-0.05, 0) is 12.1 Å². The number of carbonyl (C=O) groups excluding carboxylic acids is 3. The van der Waals surface area contributed by atoms with Gasteiger partial charge in [0.2, 0.25) is 0 Å². The van der Waals surface area contributed by atoms with Crippen LogP contribution in [0.15, 0.2) is 30.3 Å². The molecule has 1 aliphatic heterocycles. The third-order valence-electron chi connectivity index (χ3n) is 3.65. The van der Waals surface area contributed by atoms with Crippen LogP contribution in [-0.2, 0) is 28.5 Å². The molecule has 1 aromatic carbocycles. The zero-order chi connectivity index (χ0) is 19.3. The Hall–Kier alpha value is -2.49. The van der Waals surface area contributed by atoms with Crippen molar-refractivity contribution in [3.05, 3.63) is 35.9 Å². The summed E-state index contributed by atoms with van der Waals surface area (Å²) in [5.41, 5.74) is 0.223. The van der Waals surface area contributed by atoms with Gasteiger partial charge in [0, 0.05) is 13.8 Å². The van der Waals surface area contributed by atoms with E-state index in [1.165, 1.54) is 12.1 Å². The highest BCUT2D eigenvalue weighted by atomic mass is 16.7. The lowest BCUT2D eigenvalue weighted by Crippen LogP contribution is -2.62. The molecule has 1 aliphatic rings. The normalized spacial score (nSPS) is 28.1. The van der Waals surface area contributed by atoms with Crippen LogP contribution < -0.4 is 0 Å². The van der Waals surface area contributed by atoms with Gasteiger partial charge >= 0.3 is 17.9 Å². The highest BCUT2D eigenvalue weighted by Gasteiger charge is 2.51. The van der Waals surface area contributed by atoms with Crippen LogP contribution in [0, 0.1) is 0 Å². The Balaban J connectivity index is 2.30. The molecule has 2 rings (SSSR count).